The van der Waals surface area contributed by atoms with Crippen molar-refractivity contribution in [3.05, 3.63) is 34.0 Å². The van der Waals surface area contributed by atoms with Crippen molar-refractivity contribution in [3.8, 4) is 0 Å². The molecule has 1 N–H and O–H groups in total. The van der Waals surface area contributed by atoms with E-state index in [1.54, 1.807) is 16.0 Å². The molecule has 0 aliphatic carbocycles. The first-order valence-electron chi connectivity index (χ1n) is 5.99. The van der Waals surface area contributed by atoms with Gasteiger partial charge in [0.15, 0.2) is 0 Å². The quantitative estimate of drug-likeness (QED) is 0.927. The van der Waals surface area contributed by atoms with Gasteiger partial charge in [-0.2, -0.15) is 5.10 Å². The molecule has 1 unspecified atom stereocenters. The van der Waals surface area contributed by atoms with Gasteiger partial charge in [-0.3, -0.25) is 4.68 Å². The van der Waals surface area contributed by atoms with Crippen LogP contribution in [0.15, 0.2) is 17.6 Å². The zero-order chi connectivity index (χ0) is 13.3. The van der Waals surface area contributed by atoms with Crippen LogP contribution in [0, 0.1) is 0 Å². The number of aryl methyl sites for hydroxylation is 1. The van der Waals surface area contributed by atoms with E-state index in [1.165, 1.54) is 0 Å². The van der Waals surface area contributed by atoms with E-state index >= 15 is 0 Å². The van der Waals surface area contributed by atoms with Crippen molar-refractivity contribution < 1.29 is 5.11 Å². The molecule has 98 valence electrons. The van der Waals surface area contributed by atoms with E-state index in [0.29, 0.717) is 12.1 Å². The average molecular weight is 265 g/mol. The molecule has 2 rings (SSSR count). The van der Waals surface area contributed by atoms with Gasteiger partial charge >= 0.3 is 0 Å². The van der Waals surface area contributed by atoms with Crippen LogP contribution >= 0.6 is 11.3 Å². The molecular formula is C13H19N3OS. The molecule has 0 saturated heterocycles. The Labute approximate surface area is 111 Å². The summed E-state index contributed by atoms with van der Waals surface area (Å²) in [7, 11) is 1.84. The smallest absolute Gasteiger partial charge is 0.104 e. The lowest BCUT2D eigenvalue weighted by Gasteiger charge is -2.14. The maximum Gasteiger partial charge on any atom is 0.104 e. The third-order valence-electron chi connectivity index (χ3n) is 2.76. The van der Waals surface area contributed by atoms with Crippen LogP contribution in [0.1, 0.15) is 43.3 Å². The first-order valence-corrected chi connectivity index (χ1v) is 6.87. The Morgan fingerprint density at radius 1 is 1.44 bits per heavy atom. The van der Waals surface area contributed by atoms with Gasteiger partial charge in [0.05, 0.1) is 16.4 Å². The van der Waals surface area contributed by atoms with Crippen molar-refractivity contribution >= 4 is 11.3 Å². The molecule has 2 aromatic rings. The minimum absolute atomic E-state index is 0.0602. The van der Waals surface area contributed by atoms with Crippen LogP contribution in [0.3, 0.4) is 0 Å². The van der Waals surface area contributed by atoms with Gasteiger partial charge in [-0.05, 0) is 6.07 Å². The van der Waals surface area contributed by atoms with E-state index in [9.17, 15) is 5.11 Å². The van der Waals surface area contributed by atoms with Gasteiger partial charge in [0.2, 0.25) is 0 Å². The second-order valence-corrected chi connectivity index (χ2v) is 6.45. The van der Waals surface area contributed by atoms with Gasteiger partial charge in [-0.25, -0.2) is 4.98 Å². The second-order valence-electron chi connectivity index (χ2n) is 5.51. The van der Waals surface area contributed by atoms with Crippen LogP contribution in [0.2, 0.25) is 0 Å². The summed E-state index contributed by atoms with van der Waals surface area (Å²) in [5.41, 5.74) is 1.84. The zero-order valence-corrected chi connectivity index (χ0v) is 12.0. The second kappa shape index (κ2) is 4.82. The van der Waals surface area contributed by atoms with E-state index in [1.807, 2.05) is 19.3 Å². The molecule has 5 heteroatoms. The number of hydrogen-bond donors (Lipinski definition) is 1. The maximum absolute atomic E-state index is 10.1. The maximum atomic E-state index is 10.1. The van der Waals surface area contributed by atoms with Crippen molar-refractivity contribution in [1.82, 2.24) is 14.8 Å². The molecule has 0 spiro atoms. The lowest BCUT2D eigenvalue weighted by Crippen LogP contribution is -2.12. The molecule has 1 atom stereocenters. The van der Waals surface area contributed by atoms with Crippen molar-refractivity contribution in [2.24, 2.45) is 7.05 Å². The molecule has 0 aliphatic heterocycles. The summed E-state index contributed by atoms with van der Waals surface area (Å²) in [6, 6.07) is 1.84. The Balaban J connectivity index is 2.08. The van der Waals surface area contributed by atoms with Gasteiger partial charge in [-0.15, -0.1) is 11.3 Å². The van der Waals surface area contributed by atoms with E-state index in [0.717, 1.165) is 10.7 Å². The van der Waals surface area contributed by atoms with Gasteiger partial charge in [0, 0.05) is 30.5 Å². The van der Waals surface area contributed by atoms with Crippen LogP contribution in [-0.4, -0.2) is 19.9 Å². The summed E-state index contributed by atoms with van der Waals surface area (Å²) in [6.07, 6.45) is 1.78. The summed E-state index contributed by atoms with van der Waals surface area (Å²) in [5.74, 6) is 0. The summed E-state index contributed by atoms with van der Waals surface area (Å²) in [6.45, 7) is 6.42. The third kappa shape index (κ3) is 2.97. The highest BCUT2D eigenvalue weighted by molar-refractivity contribution is 7.09. The summed E-state index contributed by atoms with van der Waals surface area (Å²) >= 11 is 1.60. The van der Waals surface area contributed by atoms with Crippen LogP contribution in [-0.2, 0) is 18.9 Å². The van der Waals surface area contributed by atoms with Gasteiger partial charge in [0.25, 0.3) is 0 Å². The van der Waals surface area contributed by atoms with E-state index in [2.05, 4.69) is 36.2 Å². The van der Waals surface area contributed by atoms with Crippen LogP contribution in [0.25, 0.3) is 0 Å². The van der Waals surface area contributed by atoms with E-state index in [4.69, 9.17) is 0 Å². The highest BCUT2D eigenvalue weighted by Gasteiger charge is 2.19. The molecule has 0 aliphatic rings. The third-order valence-corrected chi connectivity index (χ3v) is 3.63. The molecule has 0 radical (unpaired) electrons. The number of thiazole rings is 1. The molecule has 0 fully saturated rings. The molecule has 2 aromatic heterocycles. The van der Waals surface area contributed by atoms with E-state index < -0.39 is 6.10 Å². The Kier molecular flexibility index (Phi) is 3.54. The number of aliphatic hydroxyl groups is 1. The van der Waals surface area contributed by atoms with Crippen LogP contribution in [0.5, 0.6) is 0 Å². The first-order chi connectivity index (χ1) is 8.36. The number of rotatable bonds is 3. The number of aromatic nitrogens is 3. The first kappa shape index (κ1) is 13.2. The molecule has 18 heavy (non-hydrogen) atoms. The van der Waals surface area contributed by atoms with Gasteiger partial charge in [0.1, 0.15) is 6.10 Å². The fourth-order valence-corrected chi connectivity index (χ4v) is 2.69. The summed E-state index contributed by atoms with van der Waals surface area (Å²) in [5, 5.41) is 17.3. The molecular weight excluding hydrogens is 246 g/mol. The highest BCUT2D eigenvalue weighted by Crippen LogP contribution is 2.26. The summed E-state index contributed by atoms with van der Waals surface area (Å²) < 4.78 is 1.70. The largest absolute Gasteiger partial charge is 0.386 e. The molecule has 0 amide bonds. The highest BCUT2D eigenvalue weighted by atomic mass is 32.1. The molecule has 0 bridgehead atoms. The van der Waals surface area contributed by atoms with Gasteiger partial charge < -0.3 is 5.11 Å². The fourth-order valence-electron chi connectivity index (χ4n) is 1.63. The van der Waals surface area contributed by atoms with Crippen LogP contribution in [0.4, 0.5) is 0 Å². The predicted molar refractivity (Wildman–Crippen MR) is 72.7 cm³/mol. The topological polar surface area (TPSA) is 50.9 Å². The van der Waals surface area contributed by atoms with Gasteiger partial charge in [-0.1, -0.05) is 20.8 Å². The fraction of sp³-hybridized carbons (Fsp3) is 0.538. The molecule has 0 aromatic carbocycles. The number of aliphatic hydroxyl groups excluding tert-OH is 1. The molecule has 0 saturated carbocycles. The number of nitrogens with zero attached hydrogens (tertiary/aromatic N) is 3. The van der Waals surface area contributed by atoms with E-state index in [-0.39, 0.29) is 5.41 Å². The van der Waals surface area contributed by atoms with Crippen molar-refractivity contribution in [1.29, 1.82) is 0 Å². The lowest BCUT2D eigenvalue weighted by atomic mass is 9.93. The predicted octanol–water partition coefficient (Wildman–Crippen LogP) is 2.45. The number of hydrogen-bond acceptors (Lipinski definition) is 4. The normalized spacial score (nSPS) is 13.8. The lowest BCUT2D eigenvalue weighted by molar-refractivity contribution is 0.172. The zero-order valence-electron chi connectivity index (χ0n) is 11.2. The van der Waals surface area contributed by atoms with Crippen LogP contribution < -0.4 is 0 Å². The summed E-state index contributed by atoms with van der Waals surface area (Å²) in [4.78, 5) is 4.58. The Morgan fingerprint density at radius 2 is 2.17 bits per heavy atom. The Morgan fingerprint density at radius 3 is 2.67 bits per heavy atom. The SMILES string of the molecule is Cn1ccc(C(O)Cc2nc(C(C)(C)C)cs2)n1. The molecule has 2 heterocycles. The molecule has 4 nitrogen and oxygen atoms in total. The minimum atomic E-state index is -0.579. The van der Waals surface area contributed by atoms with Crippen molar-refractivity contribution in [3.63, 3.8) is 0 Å². The minimum Gasteiger partial charge on any atom is -0.386 e. The average Bonchev–Trinajstić information content (AvgIpc) is 2.85. The Hall–Kier alpha value is -1.20. The standard InChI is InChI=1S/C13H19N3OS/c1-13(2,3)11-8-18-12(14-11)7-10(17)9-5-6-16(4)15-9/h5-6,8,10,17H,7H2,1-4H3. The monoisotopic (exact) mass is 265 g/mol. The van der Waals surface area contributed by atoms with Crippen molar-refractivity contribution in [2.45, 2.75) is 38.7 Å². The van der Waals surface area contributed by atoms with Crippen molar-refractivity contribution in [2.75, 3.05) is 0 Å². The Bertz CT molecular complexity index is 524.